The molecule has 1 saturated heterocycles. The van der Waals surface area contributed by atoms with E-state index in [1.807, 2.05) is 0 Å². The molecule has 0 aliphatic carbocycles. The molecule has 1 aliphatic rings. The number of alkyl carbamates (subject to hydrolysis) is 1. The maximum absolute atomic E-state index is 12.4. The fourth-order valence-electron chi connectivity index (χ4n) is 2.31. The van der Waals surface area contributed by atoms with E-state index in [0.29, 0.717) is 36.5 Å². The van der Waals surface area contributed by atoms with Crippen LogP contribution in [0.5, 0.6) is 5.75 Å². The molecule has 1 atom stereocenters. The van der Waals surface area contributed by atoms with Gasteiger partial charge in [-0.1, -0.05) is 0 Å². The monoisotopic (exact) mass is 293 g/mol. The highest BCUT2D eigenvalue weighted by Gasteiger charge is 2.28. The standard InChI is InChI=1S/C14H19N3O4/c1-20-12-7-9(3-4-11(12)15)13(18)17-6-5-10(8-17)16-14(19)21-2/h3-4,7,10H,5-6,8,15H2,1-2H3,(H,16,19). The van der Waals surface area contributed by atoms with Gasteiger partial charge in [0.2, 0.25) is 0 Å². The summed E-state index contributed by atoms with van der Waals surface area (Å²) in [5.74, 6) is 0.367. The third-order valence-corrected chi connectivity index (χ3v) is 3.46. The lowest BCUT2D eigenvalue weighted by molar-refractivity contribution is 0.0787. The Hall–Kier alpha value is -2.44. The molecule has 21 heavy (non-hydrogen) atoms. The summed E-state index contributed by atoms with van der Waals surface area (Å²) >= 11 is 0. The summed E-state index contributed by atoms with van der Waals surface area (Å²) in [6.45, 7) is 1.04. The highest BCUT2D eigenvalue weighted by Crippen LogP contribution is 2.24. The number of benzene rings is 1. The van der Waals surface area contributed by atoms with Crippen LogP contribution in [-0.2, 0) is 4.74 Å². The van der Waals surface area contributed by atoms with Crippen molar-refractivity contribution in [3.8, 4) is 5.75 Å². The van der Waals surface area contributed by atoms with E-state index in [4.69, 9.17) is 10.5 Å². The zero-order chi connectivity index (χ0) is 15.4. The molecule has 7 heteroatoms. The summed E-state index contributed by atoms with van der Waals surface area (Å²) in [5.41, 5.74) is 6.73. The molecule has 1 fully saturated rings. The van der Waals surface area contributed by atoms with Gasteiger partial charge in [-0.05, 0) is 24.6 Å². The lowest BCUT2D eigenvalue weighted by Gasteiger charge is -2.17. The van der Waals surface area contributed by atoms with Gasteiger partial charge in [0.15, 0.2) is 0 Å². The minimum absolute atomic E-state index is 0.0860. The SMILES string of the molecule is COC(=O)NC1CCN(C(=O)c2ccc(N)c(OC)c2)C1. The van der Waals surface area contributed by atoms with Gasteiger partial charge in [-0.2, -0.15) is 0 Å². The molecule has 1 heterocycles. The van der Waals surface area contributed by atoms with Crippen molar-refractivity contribution in [3.63, 3.8) is 0 Å². The molecule has 0 spiro atoms. The summed E-state index contributed by atoms with van der Waals surface area (Å²) < 4.78 is 9.67. The number of hydrogen-bond donors (Lipinski definition) is 2. The largest absolute Gasteiger partial charge is 0.495 e. The smallest absolute Gasteiger partial charge is 0.407 e. The first-order chi connectivity index (χ1) is 10.0. The summed E-state index contributed by atoms with van der Waals surface area (Å²) in [5, 5.41) is 2.70. The molecule has 0 bridgehead atoms. The minimum atomic E-state index is -0.483. The Balaban J connectivity index is 2.03. The highest BCUT2D eigenvalue weighted by atomic mass is 16.5. The van der Waals surface area contributed by atoms with Crippen LogP contribution in [0.25, 0.3) is 0 Å². The number of anilines is 1. The van der Waals surface area contributed by atoms with Crippen molar-refractivity contribution < 1.29 is 19.1 Å². The van der Waals surface area contributed by atoms with Crippen molar-refractivity contribution in [2.45, 2.75) is 12.5 Å². The Morgan fingerprint density at radius 3 is 2.81 bits per heavy atom. The molecular formula is C14H19N3O4. The van der Waals surface area contributed by atoms with E-state index in [0.717, 1.165) is 0 Å². The number of likely N-dealkylation sites (tertiary alicyclic amines) is 1. The van der Waals surface area contributed by atoms with Gasteiger partial charge in [-0.25, -0.2) is 4.79 Å². The molecule has 0 radical (unpaired) electrons. The lowest BCUT2D eigenvalue weighted by Crippen LogP contribution is -2.38. The Labute approximate surface area is 123 Å². The van der Waals surface area contributed by atoms with E-state index >= 15 is 0 Å². The molecule has 0 saturated carbocycles. The van der Waals surface area contributed by atoms with E-state index in [2.05, 4.69) is 10.1 Å². The summed E-state index contributed by atoms with van der Waals surface area (Å²) in [4.78, 5) is 25.3. The molecular weight excluding hydrogens is 274 g/mol. The number of nitrogens with one attached hydrogen (secondary N) is 1. The number of amides is 2. The van der Waals surface area contributed by atoms with Crippen molar-refractivity contribution in [1.29, 1.82) is 0 Å². The van der Waals surface area contributed by atoms with E-state index in [9.17, 15) is 9.59 Å². The Morgan fingerprint density at radius 1 is 1.38 bits per heavy atom. The average molecular weight is 293 g/mol. The predicted molar refractivity (Wildman–Crippen MR) is 77.3 cm³/mol. The van der Waals surface area contributed by atoms with Crippen LogP contribution in [-0.4, -0.2) is 50.3 Å². The number of nitrogens with two attached hydrogens (primary N) is 1. The molecule has 3 N–H and O–H groups in total. The topological polar surface area (TPSA) is 93.9 Å². The molecule has 1 aliphatic heterocycles. The molecule has 1 aromatic rings. The molecule has 2 amide bonds. The van der Waals surface area contributed by atoms with E-state index in [1.54, 1.807) is 23.1 Å². The Bertz CT molecular complexity index is 547. The number of carbonyl (C=O) groups excluding carboxylic acids is 2. The second-order valence-corrected chi connectivity index (χ2v) is 4.83. The first-order valence-electron chi connectivity index (χ1n) is 6.62. The van der Waals surface area contributed by atoms with Crippen LogP contribution in [0.15, 0.2) is 18.2 Å². The first-order valence-corrected chi connectivity index (χ1v) is 6.62. The van der Waals surface area contributed by atoms with Crippen LogP contribution >= 0.6 is 0 Å². The fraction of sp³-hybridized carbons (Fsp3) is 0.429. The Kier molecular flexibility index (Phi) is 4.52. The number of nitrogen functional groups attached to an aromatic ring is 1. The number of methoxy groups -OCH3 is 2. The first kappa shape index (κ1) is 15.0. The van der Waals surface area contributed by atoms with Gasteiger partial charge in [0.25, 0.3) is 5.91 Å². The zero-order valence-corrected chi connectivity index (χ0v) is 12.1. The molecule has 2 rings (SSSR count). The molecule has 114 valence electrons. The predicted octanol–water partition coefficient (Wildman–Crippen LogP) is 0.848. The van der Waals surface area contributed by atoms with Crippen molar-refractivity contribution in [1.82, 2.24) is 10.2 Å². The number of carbonyl (C=O) groups is 2. The quantitative estimate of drug-likeness (QED) is 0.806. The number of hydrogen-bond acceptors (Lipinski definition) is 5. The number of rotatable bonds is 3. The lowest BCUT2D eigenvalue weighted by atomic mass is 10.1. The van der Waals surface area contributed by atoms with E-state index in [-0.39, 0.29) is 11.9 Å². The number of ether oxygens (including phenoxy) is 2. The summed E-state index contributed by atoms with van der Waals surface area (Å²) in [7, 11) is 2.82. The third kappa shape index (κ3) is 3.36. The number of nitrogens with zero attached hydrogens (tertiary/aromatic N) is 1. The van der Waals surface area contributed by atoms with Crippen molar-refractivity contribution in [3.05, 3.63) is 23.8 Å². The van der Waals surface area contributed by atoms with Crippen molar-refractivity contribution >= 4 is 17.7 Å². The molecule has 1 unspecified atom stereocenters. The van der Waals surface area contributed by atoms with Crippen LogP contribution in [0.1, 0.15) is 16.8 Å². The zero-order valence-electron chi connectivity index (χ0n) is 12.1. The second-order valence-electron chi connectivity index (χ2n) is 4.83. The molecule has 1 aromatic carbocycles. The third-order valence-electron chi connectivity index (χ3n) is 3.46. The fourth-order valence-corrected chi connectivity index (χ4v) is 2.31. The average Bonchev–Trinajstić information content (AvgIpc) is 2.95. The van der Waals surface area contributed by atoms with Crippen molar-refractivity contribution in [2.75, 3.05) is 33.0 Å². The van der Waals surface area contributed by atoms with Crippen molar-refractivity contribution in [2.24, 2.45) is 0 Å². The van der Waals surface area contributed by atoms with Gasteiger partial charge < -0.3 is 25.4 Å². The van der Waals surface area contributed by atoms with Crippen LogP contribution in [0.2, 0.25) is 0 Å². The van der Waals surface area contributed by atoms with Crippen LogP contribution in [0.3, 0.4) is 0 Å². The highest BCUT2D eigenvalue weighted by molar-refractivity contribution is 5.95. The summed E-state index contributed by atoms with van der Waals surface area (Å²) in [6, 6.07) is 4.85. The van der Waals surface area contributed by atoms with Gasteiger partial charge in [-0.3, -0.25) is 4.79 Å². The van der Waals surface area contributed by atoms with Crippen LogP contribution in [0, 0.1) is 0 Å². The van der Waals surface area contributed by atoms with Gasteiger partial charge >= 0.3 is 6.09 Å². The molecule has 7 nitrogen and oxygen atoms in total. The van der Waals surface area contributed by atoms with Crippen LogP contribution in [0.4, 0.5) is 10.5 Å². The second kappa shape index (κ2) is 6.34. The maximum atomic E-state index is 12.4. The molecule has 0 aromatic heterocycles. The van der Waals surface area contributed by atoms with Gasteiger partial charge in [-0.15, -0.1) is 0 Å². The minimum Gasteiger partial charge on any atom is -0.495 e. The van der Waals surface area contributed by atoms with E-state index in [1.165, 1.54) is 14.2 Å². The van der Waals surface area contributed by atoms with Gasteiger partial charge in [0.05, 0.1) is 25.9 Å². The summed E-state index contributed by atoms with van der Waals surface area (Å²) in [6.07, 6.45) is 0.218. The van der Waals surface area contributed by atoms with E-state index < -0.39 is 6.09 Å². The normalized spacial score (nSPS) is 17.4. The van der Waals surface area contributed by atoms with Crippen LogP contribution < -0.4 is 15.8 Å². The Morgan fingerprint density at radius 2 is 2.14 bits per heavy atom. The van der Waals surface area contributed by atoms with Gasteiger partial charge in [0, 0.05) is 18.7 Å². The van der Waals surface area contributed by atoms with Gasteiger partial charge in [0.1, 0.15) is 5.75 Å². The maximum Gasteiger partial charge on any atom is 0.407 e.